The van der Waals surface area contributed by atoms with Crippen molar-refractivity contribution in [1.29, 1.82) is 0 Å². The van der Waals surface area contributed by atoms with Crippen molar-refractivity contribution in [3.63, 3.8) is 0 Å². The first-order valence-corrected chi connectivity index (χ1v) is 5.21. The maximum absolute atomic E-state index is 11.9. The Kier molecular flexibility index (Phi) is 3.18. The predicted octanol–water partition coefficient (Wildman–Crippen LogP) is 1.90. The van der Waals surface area contributed by atoms with Crippen LogP contribution in [0.4, 0.5) is 0 Å². The maximum atomic E-state index is 11.9. The van der Waals surface area contributed by atoms with E-state index in [0.717, 1.165) is 12.8 Å². The highest BCUT2D eigenvalue weighted by Crippen LogP contribution is 2.17. The van der Waals surface area contributed by atoms with Gasteiger partial charge in [-0.3, -0.25) is 14.6 Å². The van der Waals surface area contributed by atoms with E-state index in [2.05, 4.69) is 4.98 Å². The molecule has 5 heteroatoms. The molecule has 4 nitrogen and oxygen atoms in total. The molecule has 0 unspecified atom stereocenters. The van der Waals surface area contributed by atoms with Gasteiger partial charge in [0, 0.05) is 18.9 Å². The van der Waals surface area contributed by atoms with Crippen molar-refractivity contribution in [2.24, 2.45) is 0 Å². The van der Waals surface area contributed by atoms with Gasteiger partial charge >= 0.3 is 0 Å². The fraction of sp³-hybridized carbons (Fsp3) is 0.400. The van der Waals surface area contributed by atoms with Gasteiger partial charge in [0.2, 0.25) is 0 Å². The second-order valence-electron chi connectivity index (χ2n) is 3.30. The summed E-state index contributed by atoms with van der Waals surface area (Å²) >= 11 is 5.87. The van der Waals surface area contributed by atoms with Gasteiger partial charge < -0.3 is 0 Å². The van der Waals surface area contributed by atoms with Gasteiger partial charge in [-0.2, -0.15) is 0 Å². The van der Waals surface area contributed by atoms with Crippen molar-refractivity contribution < 1.29 is 9.63 Å². The summed E-state index contributed by atoms with van der Waals surface area (Å²) in [6.07, 6.45) is 4.96. The van der Waals surface area contributed by atoms with E-state index in [4.69, 9.17) is 16.4 Å². The number of carbonyl (C=O) groups is 1. The molecule has 0 aromatic carbocycles. The highest BCUT2D eigenvalue weighted by atomic mass is 35.5. The van der Waals surface area contributed by atoms with E-state index in [1.165, 1.54) is 11.3 Å². The minimum Gasteiger partial charge on any atom is -0.271 e. The fourth-order valence-electron chi connectivity index (χ4n) is 1.44. The summed E-state index contributed by atoms with van der Waals surface area (Å²) in [7, 11) is 0. The third kappa shape index (κ3) is 2.27. The lowest BCUT2D eigenvalue weighted by molar-refractivity contribution is -0.144. The summed E-state index contributed by atoms with van der Waals surface area (Å²) in [5, 5.41) is 1.72. The lowest BCUT2D eigenvalue weighted by Gasteiger charge is -2.25. The number of pyridine rings is 1. The molecule has 1 aromatic rings. The van der Waals surface area contributed by atoms with Gasteiger partial charge in [0.25, 0.3) is 5.91 Å². The smallest absolute Gasteiger partial charge is 0.271 e. The van der Waals surface area contributed by atoms with Crippen molar-refractivity contribution >= 4 is 17.5 Å². The maximum Gasteiger partial charge on any atom is 0.279 e. The number of rotatable bonds is 1. The van der Waals surface area contributed by atoms with E-state index in [1.54, 1.807) is 12.3 Å². The average Bonchev–Trinajstić information content (AvgIpc) is 2.30. The van der Waals surface area contributed by atoms with Crippen molar-refractivity contribution in [2.75, 3.05) is 13.2 Å². The van der Waals surface area contributed by atoms with Crippen LogP contribution in [-0.2, 0) is 4.84 Å². The Morgan fingerprint density at radius 1 is 1.53 bits per heavy atom. The predicted molar refractivity (Wildman–Crippen MR) is 55.5 cm³/mol. The molecule has 1 aromatic heterocycles. The number of hydroxylamine groups is 2. The summed E-state index contributed by atoms with van der Waals surface area (Å²) in [6, 6.07) is 1.60. The van der Waals surface area contributed by atoms with Gasteiger partial charge in [0.15, 0.2) is 0 Å². The summed E-state index contributed by atoms with van der Waals surface area (Å²) in [5.74, 6) is -0.192. The minimum absolute atomic E-state index is 0.192. The number of carbonyl (C=O) groups excluding carboxylic acids is 1. The fourth-order valence-corrected chi connectivity index (χ4v) is 1.64. The molecule has 1 aliphatic heterocycles. The normalized spacial score (nSPS) is 16.5. The zero-order chi connectivity index (χ0) is 10.7. The average molecular weight is 227 g/mol. The van der Waals surface area contributed by atoms with Crippen molar-refractivity contribution in [2.45, 2.75) is 12.8 Å². The lowest BCUT2D eigenvalue weighted by atomic mass is 10.2. The molecule has 1 amide bonds. The molecule has 0 N–H and O–H groups in total. The number of hydrogen-bond acceptors (Lipinski definition) is 3. The molecule has 0 saturated carbocycles. The Hall–Kier alpha value is -1.13. The number of amides is 1. The zero-order valence-electron chi connectivity index (χ0n) is 8.15. The third-order valence-electron chi connectivity index (χ3n) is 2.23. The van der Waals surface area contributed by atoms with E-state index in [9.17, 15) is 4.79 Å². The first kappa shape index (κ1) is 10.4. The molecule has 0 atom stereocenters. The van der Waals surface area contributed by atoms with Gasteiger partial charge in [0.05, 0.1) is 17.2 Å². The van der Waals surface area contributed by atoms with Crippen LogP contribution < -0.4 is 0 Å². The van der Waals surface area contributed by atoms with Gasteiger partial charge in [-0.05, 0) is 18.9 Å². The van der Waals surface area contributed by atoms with Crippen LogP contribution in [0.3, 0.4) is 0 Å². The molecule has 0 radical (unpaired) electrons. The van der Waals surface area contributed by atoms with E-state index >= 15 is 0 Å². The topological polar surface area (TPSA) is 42.4 Å². The second kappa shape index (κ2) is 4.59. The minimum atomic E-state index is -0.192. The molecule has 2 rings (SSSR count). The molecule has 0 spiro atoms. The molecule has 15 heavy (non-hydrogen) atoms. The Morgan fingerprint density at radius 3 is 3.07 bits per heavy atom. The van der Waals surface area contributed by atoms with Gasteiger partial charge in [-0.25, -0.2) is 5.06 Å². The van der Waals surface area contributed by atoms with Gasteiger partial charge in [-0.1, -0.05) is 11.6 Å². The highest BCUT2D eigenvalue weighted by molar-refractivity contribution is 6.33. The van der Waals surface area contributed by atoms with E-state index in [1.807, 2.05) is 0 Å². The zero-order valence-corrected chi connectivity index (χ0v) is 8.91. The SMILES string of the molecule is O=C(c1ccncc1Cl)N1CCCCO1. The summed E-state index contributed by atoms with van der Waals surface area (Å²) in [6.45, 7) is 1.21. The van der Waals surface area contributed by atoms with E-state index in [0.29, 0.717) is 23.7 Å². The molecule has 0 aliphatic carbocycles. The van der Waals surface area contributed by atoms with Gasteiger partial charge in [0.1, 0.15) is 0 Å². The molecule has 80 valence electrons. The number of hydrogen-bond donors (Lipinski definition) is 0. The molecule has 1 fully saturated rings. The monoisotopic (exact) mass is 226 g/mol. The molecule has 1 saturated heterocycles. The Bertz CT molecular complexity index is 364. The molecular formula is C10H11ClN2O2. The van der Waals surface area contributed by atoms with Crippen LogP contribution in [0.2, 0.25) is 5.02 Å². The van der Waals surface area contributed by atoms with Crippen LogP contribution in [0.25, 0.3) is 0 Å². The van der Waals surface area contributed by atoms with Crippen LogP contribution in [0.5, 0.6) is 0 Å². The van der Waals surface area contributed by atoms with E-state index in [-0.39, 0.29) is 5.91 Å². The first-order valence-electron chi connectivity index (χ1n) is 4.83. The molecule has 2 heterocycles. The number of aromatic nitrogens is 1. The molecular weight excluding hydrogens is 216 g/mol. The standard InChI is InChI=1S/C10H11ClN2O2/c11-9-7-12-4-3-8(9)10(14)13-5-1-2-6-15-13/h3-4,7H,1-2,5-6H2. The highest BCUT2D eigenvalue weighted by Gasteiger charge is 2.21. The second-order valence-corrected chi connectivity index (χ2v) is 3.71. The van der Waals surface area contributed by atoms with Crippen LogP contribution in [0, 0.1) is 0 Å². The van der Waals surface area contributed by atoms with Crippen LogP contribution in [0.15, 0.2) is 18.5 Å². The summed E-state index contributed by atoms with van der Waals surface area (Å²) in [5.41, 5.74) is 0.438. The quantitative estimate of drug-likeness (QED) is 0.735. The van der Waals surface area contributed by atoms with Gasteiger partial charge in [-0.15, -0.1) is 0 Å². The van der Waals surface area contributed by atoms with Crippen molar-refractivity contribution in [1.82, 2.24) is 10.0 Å². The Balaban J connectivity index is 2.16. The first-order chi connectivity index (χ1) is 7.29. The lowest BCUT2D eigenvalue weighted by Crippen LogP contribution is -2.35. The Morgan fingerprint density at radius 2 is 2.40 bits per heavy atom. The van der Waals surface area contributed by atoms with Crippen molar-refractivity contribution in [3.05, 3.63) is 29.0 Å². The molecule has 0 bridgehead atoms. The summed E-state index contributed by atoms with van der Waals surface area (Å²) in [4.78, 5) is 21.0. The number of halogens is 1. The van der Waals surface area contributed by atoms with E-state index < -0.39 is 0 Å². The Labute approximate surface area is 92.8 Å². The molecule has 1 aliphatic rings. The summed E-state index contributed by atoms with van der Waals surface area (Å²) < 4.78 is 0. The third-order valence-corrected chi connectivity index (χ3v) is 2.53. The van der Waals surface area contributed by atoms with Crippen LogP contribution in [-0.4, -0.2) is 29.1 Å². The number of nitrogens with zero attached hydrogens (tertiary/aromatic N) is 2. The van der Waals surface area contributed by atoms with Crippen LogP contribution >= 0.6 is 11.6 Å². The largest absolute Gasteiger partial charge is 0.279 e. The van der Waals surface area contributed by atoms with Crippen molar-refractivity contribution in [3.8, 4) is 0 Å². The van der Waals surface area contributed by atoms with Crippen LogP contribution in [0.1, 0.15) is 23.2 Å².